The number of rotatable bonds is 6. The Hall–Kier alpha value is -3.84. The molecule has 34 heavy (non-hydrogen) atoms. The van der Waals surface area contributed by atoms with Crippen LogP contribution in [0.2, 0.25) is 5.02 Å². The summed E-state index contributed by atoms with van der Waals surface area (Å²) in [6, 6.07) is 15.7. The lowest BCUT2D eigenvalue weighted by molar-refractivity contribution is -0.132. The van der Waals surface area contributed by atoms with Crippen LogP contribution in [0.15, 0.2) is 72.3 Å². The molecule has 1 saturated heterocycles. The first-order valence-corrected chi connectivity index (χ1v) is 10.9. The predicted molar refractivity (Wildman–Crippen MR) is 127 cm³/mol. The summed E-state index contributed by atoms with van der Waals surface area (Å²) in [7, 11) is 1.49. The Morgan fingerprint density at radius 2 is 1.82 bits per heavy atom. The lowest BCUT2D eigenvalue weighted by Gasteiger charge is -2.25. The topological polar surface area (TPSA) is 76.1 Å². The number of benzene rings is 3. The Morgan fingerprint density at radius 3 is 2.53 bits per heavy atom. The third-order valence-corrected chi connectivity index (χ3v) is 5.77. The van der Waals surface area contributed by atoms with Crippen molar-refractivity contribution in [3.8, 4) is 11.5 Å². The van der Waals surface area contributed by atoms with Gasteiger partial charge in [0.2, 0.25) is 0 Å². The quantitative estimate of drug-likeness (QED) is 0.285. The van der Waals surface area contributed by atoms with Gasteiger partial charge in [0.1, 0.15) is 23.1 Å². The number of anilines is 1. The zero-order valence-electron chi connectivity index (χ0n) is 18.4. The van der Waals surface area contributed by atoms with Gasteiger partial charge >= 0.3 is 0 Å². The number of ketones is 1. The second-order valence-electron chi connectivity index (χ2n) is 7.50. The minimum atomic E-state index is -1.05. The number of amides is 1. The van der Waals surface area contributed by atoms with Crippen LogP contribution in [0, 0.1) is 5.82 Å². The van der Waals surface area contributed by atoms with E-state index in [-0.39, 0.29) is 21.8 Å². The molecule has 8 heteroatoms. The van der Waals surface area contributed by atoms with Gasteiger partial charge < -0.3 is 14.6 Å². The third-order valence-electron chi connectivity index (χ3n) is 5.44. The van der Waals surface area contributed by atoms with Crippen LogP contribution >= 0.6 is 11.6 Å². The first-order chi connectivity index (χ1) is 16.3. The zero-order chi connectivity index (χ0) is 24.4. The molecule has 1 amide bonds. The largest absolute Gasteiger partial charge is 0.507 e. The number of ether oxygens (including phenoxy) is 2. The number of aliphatic hydroxyl groups excluding tert-OH is 1. The molecule has 6 nitrogen and oxygen atoms in total. The van der Waals surface area contributed by atoms with Gasteiger partial charge in [-0.1, -0.05) is 29.8 Å². The standard InChI is InChI=1S/C26H21ClFNO5/c1-3-34-19-10-11-21(27)20(14-19)24(30)22-23(15-6-4-9-18(12-15)33-2)29(26(32)25(22)31)17-8-5-7-16(28)13-17/h4-14,23,30H,3H2,1-2H3/b24-22+. The Kier molecular flexibility index (Phi) is 6.56. The third kappa shape index (κ3) is 4.22. The van der Waals surface area contributed by atoms with Crippen LogP contribution < -0.4 is 14.4 Å². The second-order valence-corrected chi connectivity index (χ2v) is 7.91. The fraction of sp³-hybridized carbons (Fsp3) is 0.154. The smallest absolute Gasteiger partial charge is 0.300 e. The van der Waals surface area contributed by atoms with E-state index in [9.17, 15) is 19.1 Å². The summed E-state index contributed by atoms with van der Waals surface area (Å²) in [5, 5.41) is 11.5. The number of hydrogen-bond acceptors (Lipinski definition) is 5. The summed E-state index contributed by atoms with van der Waals surface area (Å²) >= 11 is 6.34. The van der Waals surface area contributed by atoms with Crippen molar-refractivity contribution in [1.29, 1.82) is 0 Å². The molecule has 1 N–H and O–H groups in total. The second kappa shape index (κ2) is 9.57. The van der Waals surface area contributed by atoms with Crippen molar-refractivity contribution in [2.75, 3.05) is 18.6 Å². The fourth-order valence-electron chi connectivity index (χ4n) is 3.94. The lowest BCUT2D eigenvalue weighted by Crippen LogP contribution is -2.29. The van der Waals surface area contributed by atoms with Crippen LogP contribution in [0.5, 0.6) is 11.5 Å². The van der Waals surface area contributed by atoms with E-state index in [0.717, 1.165) is 11.0 Å². The minimum Gasteiger partial charge on any atom is -0.507 e. The summed E-state index contributed by atoms with van der Waals surface area (Å²) in [4.78, 5) is 27.6. The molecule has 0 aromatic heterocycles. The number of carbonyl (C=O) groups excluding carboxylic acids is 2. The SMILES string of the molecule is CCOc1ccc(Cl)c(/C(O)=C2\C(=O)C(=O)N(c3cccc(F)c3)C2c2cccc(OC)c2)c1. The maximum atomic E-state index is 14.0. The molecule has 1 unspecified atom stereocenters. The van der Waals surface area contributed by atoms with Crippen molar-refractivity contribution in [1.82, 2.24) is 0 Å². The minimum absolute atomic E-state index is 0.137. The van der Waals surface area contributed by atoms with E-state index in [0.29, 0.717) is 23.7 Å². The Balaban J connectivity index is 1.97. The first kappa shape index (κ1) is 23.3. The Bertz CT molecular complexity index is 1310. The van der Waals surface area contributed by atoms with Crippen molar-refractivity contribution in [3.63, 3.8) is 0 Å². The number of methoxy groups -OCH3 is 1. The highest BCUT2D eigenvalue weighted by Crippen LogP contribution is 2.44. The van der Waals surface area contributed by atoms with Crippen LogP contribution in [-0.4, -0.2) is 30.5 Å². The molecule has 0 aliphatic carbocycles. The van der Waals surface area contributed by atoms with Crippen molar-refractivity contribution in [2.24, 2.45) is 0 Å². The lowest BCUT2D eigenvalue weighted by atomic mass is 9.95. The summed E-state index contributed by atoms with van der Waals surface area (Å²) < 4.78 is 24.8. The molecule has 0 saturated carbocycles. The number of Topliss-reactive ketones (excluding diaryl/α,β-unsaturated/α-hetero) is 1. The molecule has 1 fully saturated rings. The molecule has 3 aromatic rings. The van der Waals surface area contributed by atoms with Crippen LogP contribution in [0.25, 0.3) is 5.76 Å². The summed E-state index contributed by atoms with van der Waals surface area (Å²) in [6.07, 6.45) is 0. The molecular formula is C26H21ClFNO5. The number of aliphatic hydroxyl groups is 1. The molecule has 3 aromatic carbocycles. The van der Waals surface area contributed by atoms with Crippen molar-refractivity contribution >= 4 is 34.7 Å². The fourth-order valence-corrected chi connectivity index (χ4v) is 4.15. The number of halogens is 2. The highest BCUT2D eigenvalue weighted by atomic mass is 35.5. The highest BCUT2D eigenvalue weighted by molar-refractivity contribution is 6.52. The molecule has 0 radical (unpaired) electrons. The van der Waals surface area contributed by atoms with E-state index in [1.54, 1.807) is 37.3 Å². The molecule has 1 aliphatic rings. The highest BCUT2D eigenvalue weighted by Gasteiger charge is 2.47. The van der Waals surface area contributed by atoms with Gasteiger partial charge in [0.05, 0.1) is 30.4 Å². The van der Waals surface area contributed by atoms with Crippen molar-refractivity contribution < 1.29 is 28.6 Å². The zero-order valence-corrected chi connectivity index (χ0v) is 19.2. The molecule has 1 heterocycles. The monoisotopic (exact) mass is 481 g/mol. The van der Waals surface area contributed by atoms with Gasteiger partial charge in [-0.15, -0.1) is 0 Å². The molecule has 174 valence electrons. The molecule has 0 bridgehead atoms. The van der Waals surface area contributed by atoms with Crippen LogP contribution in [0.3, 0.4) is 0 Å². The molecule has 0 spiro atoms. The van der Waals surface area contributed by atoms with E-state index < -0.39 is 29.3 Å². The Morgan fingerprint density at radius 1 is 1.06 bits per heavy atom. The van der Waals surface area contributed by atoms with E-state index >= 15 is 0 Å². The normalized spacial score (nSPS) is 17.2. The number of hydrogen-bond donors (Lipinski definition) is 1. The van der Waals surface area contributed by atoms with Crippen LogP contribution in [0.1, 0.15) is 24.1 Å². The van der Waals surface area contributed by atoms with Crippen molar-refractivity contribution in [3.05, 3.63) is 94.3 Å². The van der Waals surface area contributed by atoms with E-state index in [4.69, 9.17) is 21.1 Å². The van der Waals surface area contributed by atoms with Gasteiger partial charge in [-0.05, 0) is 61.0 Å². The van der Waals surface area contributed by atoms with Gasteiger partial charge in [0.25, 0.3) is 11.7 Å². The molecule has 4 rings (SSSR count). The van der Waals surface area contributed by atoms with E-state index in [1.165, 1.54) is 37.4 Å². The predicted octanol–water partition coefficient (Wildman–Crippen LogP) is 5.51. The number of carbonyl (C=O) groups is 2. The molecule has 1 aliphatic heterocycles. The van der Waals surface area contributed by atoms with E-state index in [2.05, 4.69) is 0 Å². The van der Waals surface area contributed by atoms with Gasteiger partial charge in [-0.2, -0.15) is 0 Å². The van der Waals surface area contributed by atoms with Gasteiger partial charge in [0, 0.05) is 11.3 Å². The van der Waals surface area contributed by atoms with Gasteiger partial charge in [0.15, 0.2) is 0 Å². The summed E-state index contributed by atoms with van der Waals surface area (Å²) in [5.74, 6) is -1.94. The van der Waals surface area contributed by atoms with Crippen LogP contribution in [0.4, 0.5) is 10.1 Å². The van der Waals surface area contributed by atoms with E-state index in [1.807, 2.05) is 0 Å². The average molecular weight is 482 g/mol. The first-order valence-electron chi connectivity index (χ1n) is 10.5. The molecular weight excluding hydrogens is 461 g/mol. The average Bonchev–Trinajstić information content (AvgIpc) is 3.10. The van der Waals surface area contributed by atoms with Gasteiger partial charge in [-0.25, -0.2) is 4.39 Å². The molecule has 1 atom stereocenters. The van der Waals surface area contributed by atoms with Gasteiger partial charge in [-0.3, -0.25) is 14.5 Å². The van der Waals surface area contributed by atoms with Crippen molar-refractivity contribution in [2.45, 2.75) is 13.0 Å². The van der Waals surface area contributed by atoms with Crippen LogP contribution in [-0.2, 0) is 9.59 Å². The summed E-state index contributed by atoms with van der Waals surface area (Å²) in [5.41, 5.74) is 0.611. The maximum Gasteiger partial charge on any atom is 0.300 e. The maximum absolute atomic E-state index is 14.0. The Labute approximate surface area is 200 Å². The summed E-state index contributed by atoms with van der Waals surface area (Å²) in [6.45, 7) is 2.19. The number of nitrogens with zero attached hydrogens (tertiary/aromatic N) is 1.